The number of carbonyl (C=O) groups excluding carboxylic acids is 1. The number of nitrogens with one attached hydrogen (secondary N) is 1. The summed E-state index contributed by atoms with van der Waals surface area (Å²) in [7, 11) is 0. The summed E-state index contributed by atoms with van der Waals surface area (Å²) in [6, 6.07) is 4.42. The van der Waals surface area contributed by atoms with Crippen LogP contribution < -0.4 is 5.32 Å². The molecule has 2 saturated heterocycles. The van der Waals surface area contributed by atoms with Crippen molar-refractivity contribution in [1.82, 2.24) is 15.2 Å². The van der Waals surface area contributed by atoms with Crippen LogP contribution in [0.3, 0.4) is 0 Å². The summed E-state index contributed by atoms with van der Waals surface area (Å²) in [5, 5.41) is 3.39. The molecule has 1 aromatic rings. The number of rotatable bonds is 1. The van der Waals surface area contributed by atoms with Crippen LogP contribution in [0.15, 0.2) is 18.3 Å². The van der Waals surface area contributed by atoms with E-state index in [4.69, 9.17) is 0 Å². The maximum Gasteiger partial charge on any atom is 0.254 e. The summed E-state index contributed by atoms with van der Waals surface area (Å²) in [4.78, 5) is 18.8. The predicted octanol–water partition coefficient (Wildman–Crippen LogP) is 1.21. The Balaban J connectivity index is 1.87. The van der Waals surface area contributed by atoms with Crippen LogP contribution in [-0.4, -0.2) is 41.0 Å². The van der Waals surface area contributed by atoms with E-state index in [-0.39, 0.29) is 5.91 Å². The van der Waals surface area contributed by atoms with Crippen LogP contribution in [0, 0.1) is 12.8 Å². The third-order valence-electron chi connectivity index (χ3n) is 4.16. The van der Waals surface area contributed by atoms with Crippen molar-refractivity contribution in [3.8, 4) is 0 Å². The third-order valence-corrected chi connectivity index (χ3v) is 4.16. The second-order valence-electron chi connectivity index (χ2n) is 5.47. The molecule has 0 radical (unpaired) electrons. The van der Waals surface area contributed by atoms with Crippen molar-refractivity contribution in [3.63, 3.8) is 0 Å². The molecule has 0 aliphatic carbocycles. The van der Waals surface area contributed by atoms with Crippen molar-refractivity contribution < 1.29 is 4.79 Å². The zero-order chi connectivity index (χ0) is 12.7. The summed E-state index contributed by atoms with van der Waals surface area (Å²) in [5.41, 5.74) is 1.66. The summed E-state index contributed by atoms with van der Waals surface area (Å²) in [6.07, 6.45) is 2.83. The maximum atomic E-state index is 12.6. The summed E-state index contributed by atoms with van der Waals surface area (Å²) < 4.78 is 0. The highest BCUT2D eigenvalue weighted by Gasteiger charge is 2.44. The molecule has 2 aliphatic rings. The van der Waals surface area contributed by atoms with E-state index in [0.717, 1.165) is 30.8 Å². The normalized spacial score (nSPS) is 30.6. The van der Waals surface area contributed by atoms with Gasteiger partial charge in [0.15, 0.2) is 0 Å². The Morgan fingerprint density at radius 2 is 2.33 bits per heavy atom. The molecule has 0 aromatic carbocycles. The fourth-order valence-corrected chi connectivity index (χ4v) is 3.34. The summed E-state index contributed by atoms with van der Waals surface area (Å²) in [5.74, 6) is 0.788. The van der Waals surface area contributed by atoms with E-state index in [0.29, 0.717) is 18.0 Å². The van der Waals surface area contributed by atoms with Gasteiger partial charge in [-0.3, -0.25) is 9.78 Å². The second kappa shape index (κ2) is 4.35. The van der Waals surface area contributed by atoms with Crippen LogP contribution >= 0.6 is 0 Å². The lowest BCUT2D eigenvalue weighted by Crippen LogP contribution is -2.42. The van der Waals surface area contributed by atoms with Crippen molar-refractivity contribution >= 4 is 5.91 Å². The van der Waals surface area contributed by atoms with Crippen molar-refractivity contribution in [3.05, 3.63) is 29.6 Å². The van der Waals surface area contributed by atoms with E-state index in [1.54, 1.807) is 6.20 Å². The van der Waals surface area contributed by atoms with Gasteiger partial charge in [-0.05, 0) is 38.3 Å². The van der Waals surface area contributed by atoms with Crippen LogP contribution in [-0.2, 0) is 0 Å². The molecule has 2 fully saturated rings. The van der Waals surface area contributed by atoms with Crippen LogP contribution in [0.25, 0.3) is 0 Å². The number of pyridine rings is 1. The van der Waals surface area contributed by atoms with E-state index >= 15 is 0 Å². The number of hydrogen-bond acceptors (Lipinski definition) is 3. The first-order valence-electron chi connectivity index (χ1n) is 6.63. The molecule has 0 saturated carbocycles. The lowest BCUT2D eigenvalue weighted by atomic mass is 10.0. The molecule has 4 heteroatoms. The Morgan fingerprint density at radius 1 is 1.50 bits per heavy atom. The minimum absolute atomic E-state index is 0.157. The maximum absolute atomic E-state index is 12.6. The molecule has 4 nitrogen and oxygen atoms in total. The van der Waals surface area contributed by atoms with Gasteiger partial charge in [-0.2, -0.15) is 0 Å². The summed E-state index contributed by atoms with van der Waals surface area (Å²) in [6.45, 7) is 6.06. The quantitative estimate of drug-likeness (QED) is 0.809. The SMILES string of the molecule is Cc1cc(C(=O)N2C(C)CC3CNCC32)ccn1. The molecule has 2 aliphatic heterocycles. The van der Waals surface area contributed by atoms with Gasteiger partial charge in [0.05, 0.1) is 0 Å². The summed E-state index contributed by atoms with van der Waals surface area (Å²) >= 11 is 0. The molecule has 1 N–H and O–H groups in total. The van der Waals surface area contributed by atoms with Gasteiger partial charge < -0.3 is 10.2 Å². The van der Waals surface area contributed by atoms with E-state index in [1.165, 1.54) is 0 Å². The first-order valence-corrected chi connectivity index (χ1v) is 6.63. The van der Waals surface area contributed by atoms with Crippen LogP contribution in [0.2, 0.25) is 0 Å². The number of likely N-dealkylation sites (tertiary alicyclic amines) is 1. The Morgan fingerprint density at radius 3 is 3.11 bits per heavy atom. The standard InChI is InChI=1S/C14H19N3O/c1-9-5-11(3-4-16-9)14(18)17-10(2)6-12-7-15-8-13(12)17/h3-5,10,12-13,15H,6-8H2,1-2H3. The topological polar surface area (TPSA) is 45.2 Å². The molecule has 18 heavy (non-hydrogen) atoms. The van der Waals surface area contributed by atoms with E-state index in [2.05, 4.69) is 22.1 Å². The number of nitrogens with zero attached hydrogens (tertiary/aromatic N) is 2. The number of aryl methyl sites for hydroxylation is 1. The predicted molar refractivity (Wildman–Crippen MR) is 69.4 cm³/mol. The fourth-order valence-electron chi connectivity index (χ4n) is 3.34. The average Bonchev–Trinajstić information content (AvgIpc) is 2.88. The van der Waals surface area contributed by atoms with Crippen LogP contribution in [0.4, 0.5) is 0 Å². The highest BCUT2D eigenvalue weighted by atomic mass is 16.2. The molecule has 96 valence electrons. The third kappa shape index (κ3) is 1.81. The molecule has 0 bridgehead atoms. The Bertz CT molecular complexity index is 474. The Kier molecular flexibility index (Phi) is 2.82. The average molecular weight is 245 g/mol. The zero-order valence-electron chi connectivity index (χ0n) is 10.9. The first-order chi connectivity index (χ1) is 8.66. The number of carbonyl (C=O) groups is 1. The molecule has 3 atom stereocenters. The minimum atomic E-state index is 0.157. The van der Waals surface area contributed by atoms with Crippen molar-refractivity contribution in [1.29, 1.82) is 0 Å². The van der Waals surface area contributed by atoms with Crippen molar-refractivity contribution in [2.45, 2.75) is 32.4 Å². The molecular weight excluding hydrogens is 226 g/mol. The molecule has 3 unspecified atom stereocenters. The van der Waals surface area contributed by atoms with Crippen LogP contribution in [0.1, 0.15) is 29.4 Å². The van der Waals surface area contributed by atoms with Gasteiger partial charge >= 0.3 is 0 Å². The largest absolute Gasteiger partial charge is 0.331 e. The number of amides is 1. The van der Waals surface area contributed by atoms with Crippen LogP contribution in [0.5, 0.6) is 0 Å². The lowest BCUT2D eigenvalue weighted by molar-refractivity contribution is 0.0682. The monoisotopic (exact) mass is 245 g/mol. The highest BCUT2D eigenvalue weighted by molar-refractivity contribution is 5.95. The molecule has 3 rings (SSSR count). The van der Waals surface area contributed by atoms with Gasteiger partial charge in [0.1, 0.15) is 0 Å². The first kappa shape index (κ1) is 11.7. The Hall–Kier alpha value is -1.42. The molecule has 3 heterocycles. The molecule has 1 amide bonds. The van der Waals surface area contributed by atoms with E-state index in [1.807, 2.05) is 19.1 Å². The molecule has 0 spiro atoms. The lowest BCUT2D eigenvalue weighted by Gasteiger charge is -2.27. The highest BCUT2D eigenvalue weighted by Crippen LogP contribution is 2.33. The van der Waals surface area contributed by atoms with Gasteiger partial charge in [0.2, 0.25) is 0 Å². The number of hydrogen-bond donors (Lipinski definition) is 1. The van der Waals surface area contributed by atoms with E-state index in [9.17, 15) is 4.79 Å². The number of aromatic nitrogens is 1. The van der Waals surface area contributed by atoms with Crippen molar-refractivity contribution in [2.75, 3.05) is 13.1 Å². The van der Waals surface area contributed by atoms with Gasteiger partial charge in [0, 0.05) is 42.6 Å². The fraction of sp³-hybridized carbons (Fsp3) is 0.571. The van der Waals surface area contributed by atoms with Gasteiger partial charge in [-0.1, -0.05) is 0 Å². The smallest absolute Gasteiger partial charge is 0.254 e. The van der Waals surface area contributed by atoms with Crippen molar-refractivity contribution in [2.24, 2.45) is 5.92 Å². The van der Waals surface area contributed by atoms with Gasteiger partial charge in [0.25, 0.3) is 5.91 Å². The molecule has 1 aromatic heterocycles. The number of fused-ring (bicyclic) bond motifs is 1. The Labute approximate surface area is 107 Å². The van der Waals surface area contributed by atoms with E-state index < -0.39 is 0 Å². The second-order valence-corrected chi connectivity index (χ2v) is 5.47. The minimum Gasteiger partial charge on any atom is -0.331 e. The molecular formula is C14H19N3O. The van der Waals surface area contributed by atoms with Gasteiger partial charge in [-0.25, -0.2) is 0 Å². The zero-order valence-corrected chi connectivity index (χ0v) is 10.9. The van der Waals surface area contributed by atoms with Gasteiger partial charge in [-0.15, -0.1) is 0 Å².